The molecule has 0 bridgehead atoms. The fourth-order valence-electron chi connectivity index (χ4n) is 2.87. The molecule has 0 spiro atoms. The van der Waals surface area contributed by atoms with Gasteiger partial charge in [0.1, 0.15) is 19.0 Å². The maximum Gasteiger partial charge on any atom is 0.330 e. The van der Waals surface area contributed by atoms with Crippen molar-refractivity contribution in [2.45, 2.75) is 51.7 Å². The van der Waals surface area contributed by atoms with Crippen molar-refractivity contribution < 1.29 is 23.9 Å². The van der Waals surface area contributed by atoms with E-state index in [1.807, 2.05) is 60.7 Å². The largest absolute Gasteiger partial charge is 0.458 e. The number of allylic oxidation sites excluding steroid dienone is 2. The van der Waals surface area contributed by atoms with E-state index in [1.54, 1.807) is 12.2 Å². The van der Waals surface area contributed by atoms with Crippen LogP contribution in [0.4, 0.5) is 0 Å². The van der Waals surface area contributed by atoms with Crippen LogP contribution in [0.2, 0.25) is 0 Å². The number of carbonyl (C=O) groups is 3. The van der Waals surface area contributed by atoms with Gasteiger partial charge >= 0.3 is 11.9 Å². The van der Waals surface area contributed by atoms with Gasteiger partial charge in [-0.3, -0.25) is 4.79 Å². The van der Waals surface area contributed by atoms with Gasteiger partial charge < -0.3 is 9.47 Å². The summed E-state index contributed by atoms with van der Waals surface area (Å²) in [6, 6.07) is 19.0. The fourth-order valence-corrected chi connectivity index (χ4v) is 2.87. The predicted octanol–water partition coefficient (Wildman–Crippen LogP) is 5.50. The Morgan fingerprint density at radius 2 is 1.03 bits per heavy atom. The van der Waals surface area contributed by atoms with Crippen LogP contribution >= 0.6 is 0 Å². The molecule has 5 nitrogen and oxygen atoms in total. The van der Waals surface area contributed by atoms with Crippen LogP contribution in [-0.2, 0) is 37.1 Å². The average molecular weight is 435 g/mol. The van der Waals surface area contributed by atoms with Gasteiger partial charge in [-0.1, -0.05) is 72.8 Å². The van der Waals surface area contributed by atoms with Crippen molar-refractivity contribution in [3.63, 3.8) is 0 Å². The number of benzene rings is 2. The van der Waals surface area contributed by atoms with E-state index >= 15 is 0 Å². The molecule has 0 unspecified atom stereocenters. The second kappa shape index (κ2) is 15.3. The topological polar surface area (TPSA) is 69.7 Å². The van der Waals surface area contributed by atoms with Gasteiger partial charge in [0.15, 0.2) is 0 Å². The van der Waals surface area contributed by atoms with Crippen LogP contribution in [0, 0.1) is 0 Å². The van der Waals surface area contributed by atoms with Gasteiger partial charge in [-0.15, -0.1) is 0 Å². The van der Waals surface area contributed by atoms with E-state index in [9.17, 15) is 14.4 Å². The second-order valence-electron chi connectivity index (χ2n) is 7.31. The van der Waals surface area contributed by atoms with Crippen LogP contribution in [0.15, 0.2) is 85.0 Å². The standard InChI is InChI=1S/C27H30O5/c28-25(17-9-3-11-19-26(29)31-21-23-13-5-1-6-14-23)18-10-4-12-20-27(30)32-22-24-15-7-2-8-16-24/h1-2,5-8,11-16,19-20H,3-4,9-10,17-18,21-22H2/b19-11+,20-12+. The van der Waals surface area contributed by atoms with Crippen LogP contribution in [0.25, 0.3) is 0 Å². The lowest BCUT2D eigenvalue weighted by molar-refractivity contribution is -0.139. The summed E-state index contributed by atoms with van der Waals surface area (Å²) in [7, 11) is 0. The molecule has 0 radical (unpaired) electrons. The molecule has 0 amide bonds. The zero-order valence-corrected chi connectivity index (χ0v) is 18.3. The Morgan fingerprint density at radius 1 is 0.625 bits per heavy atom. The molecule has 0 N–H and O–H groups in total. The first-order valence-electron chi connectivity index (χ1n) is 10.9. The van der Waals surface area contributed by atoms with Crippen LogP contribution in [0.5, 0.6) is 0 Å². The molecule has 0 saturated heterocycles. The van der Waals surface area contributed by atoms with Crippen molar-refractivity contribution in [2.24, 2.45) is 0 Å². The molecular weight excluding hydrogens is 404 g/mol. The molecule has 0 aliphatic rings. The molecule has 0 aliphatic heterocycles. The number of unbranched alkanes of at least 4 members (excludes halogenated alkanes) is 2. The first-order chi connectivity index (χ1) is 15.6. The third-order valence-corrected chi connectivity index (χ3v) is 4.61. The molecule has 0 aliphatic carbocycles. The Morgan fingerprint density at radius 3 is 1.44 bits per heavy atom. The van der Waals surface area contributed by atoms with Gasteiger partial charge in [-0.25, -0.2) is 9.59 Å². The maximum absolute atomic E-state index is 11.9. The van der Waals surface area contributed by atoms with Crippen molar-refractivity contribution in [1.82, 2.24) is 0 Å². The summed E-state index contributed by atoms with van der Waals surface area (Å²) in [4.78, 5) is 35.2. The van der Waals surface area contributed by atoms with Crippen molar-refractivity contribution >= 4 is 17.7 Å². The molecule has 2 rings (SSSR count). The Balaban J connectivity index is 1.46. The lowest BCUT2D eigenvalue weighted by Crippen LogP contribution is -2.01. The van der Waals surface area contributed by atoms with Crippen molar-refractivity contribution in [3.05, 3.63) is 96.1 Å². The summed E-state index contributed by atoms with van der Waals surface area (Å²) < 4.78 is 10.3. The lowest BCUT2D eigenvalue weighted by atomic mass is 10.1. The Labute approximate surface area is 189 Å². The molecule has 32 heavy (non-hydrogen) atoms. The molecule has 0 heterocycles. The van der Waals surface area contributed by atoms with Gasteiger partial charge in [0, 0.05) is 25.0 Å². The molecule has 5 heteroatoms. The third-order valence-electron chi connectivity index (χ3n) is 4.61. The zero-order chi connectivity index (χ0) is 22.9. The van der Waals surface area contributed by atoms with Crippen LogP contribution in [-0.4, -0.2) is 17.7 Å². The first kappa shape index (κ1) is 24.8. The van der Waals surface area contributed by atoms with Crippen LogP contribution < -0.4 is 0 Å². The minimum Gasteiger partial charge on any atom is -0.458 e. The summed E-state index contributed by atoms with van der Waals surface area (Å²) in [5, 5.41) is 0. The lowest BCUT2D eigenvalue weighted by Gasteiger charge is -2.02. The molecule has 0 atom stereocenters. The van der Waals surface area contributed by atoms with E-state index in [2.05, 4.69) is 0 Å². The van der Waals surface area contributed by atoms with E-state index in [-0.39, 0.29) is 30.9 Å². The Kier molecular flexibility index (Phi) is 11.9. The minimum absolute atomic E-state index is 0.185. The van der Waals surface area contributed by atoms with E-state index in [4.69, 9.17) is 9.47 Å². The number of Topliss-reactive ketones (excluding diaryl/α,β-unsaturated/α-hetero) is 1. The molecule has 2 aromatic carbocycles. The van der Waals surface area contributed by atoms with Gasteiger partial charge in [0.2, 0.25) is 0 Å². The first-order valence-corrected chi connectivity index (χ1v) is 10.9. The number of esters is 2. The number of carbonyl (C=O) groups excluding carboxylic acids is 3. The summed E-state index contributed by atoms with van der Waals surface area (Å²) in [6.07, 6.45) is 9.96. The predicted molar refractivity (Wildman–Crippen MR) is 123 cm³/mol. The highest BCUT2D eigenvalue weighted by atomic mass is 16.5. The third kappa shape index (κ3) is 11.6. The van der Waals surface area contributed by atoms with Crippen molar-refractivity contribution in [3.8, 4) is 0 Å². The van der Waals surface area contributed by atoms with Gasteiger partial charge in [-0.05, 0) is 36.8 Å². The second-order valence-corrected chi connectivity index (χ2v) is 7.31. The Bertz CT molecular complexity index is 811. The quantitative estimate of drug-likeness (QED) is 0.223. The molecule has 0 fully saturated rings. The monoisotopic (exact) mass is 434 g/mol. The van der Waals surface area contributed by atoms with Crippen molar-refractivity contribution in [2.75, 3.05) is 0 Å². The van der Waals surface area contributed by atoms with E-state index in [0.717, 1.165) is 11.1 Å². The molecular formula is C27H30O5. The van der Waals surface area contributed by atoms with Crippen LogP contribution in [0.3, 0.4) is 0 Å². The number of rotatable bonds is 14. The van der Waals surface area contributed by atoms with E-state index in [1.165, 1.54) is 12.2 Å². The number of ketones is 1. The maximum atomic E-state index is 11.9. The highest BCUT2D eigenvalue weighted by molar-refractivity contribution is 5.82. The van der Waals surface area contributed by atoms with Gasteiger partial charge in [0.05, 0.1) is 0 Å². The normalized spacial score (nSPS) is 11.0. The number of hydrogen-bond donors (Lipinski definition) is 0. The summed E-state index contributed by atoms with van der Waals surface area (Å²) >= 11 is 0. The average Bonchev–Trinajstić information content (AvgIpc) is 2.82. The summed E-state index contributed by atoms with van der Waals surface area (Å²) in [5.74, 6) is -0.575. The van der Waals surface area contributed by atoms with Gasteiger partial charge in [0.25, 0.3) is 0 Å². The van der Waals surface area contributed by atoms with E-state index < -0.39 is 0 Å². The Hall–Kier alpha value is -3.47. The highest BCUT2D eigenvalue weighted by Gasteiger charge is 2.02. The smallest absolute Gasteiger partial charge is 0.330 e. The molecule has 168 valence electrons. The van der Waals surface area contributed by atoms with Crippen LogP contribution in [0.1, 0.15) is 49.7 Å². The highest BCUT2D eigenvalue weighted by Crippen LogP contribution is 2.06. The van der Waals surface area contributed by atoms with E-state index in [0.29, 0.717) is 38.5 Å². The number of ether oxygens (including phenoxy) is 2. The SMILES string of the molecule is O=C(CCC/C=C/C(=O)OCc1ccccc1)CCC/C=C/C(=O)OCc1ccccc1. The summed E-state index contributed by atoms with van der Waals surface area (Å²) in [6.45, 7) is 0.503. The number of hydrogen-bond acceptors (Lipinski definition) is 5. The van der Waals surface area contributed by atoms with Crippen molar-refractivity contribution in [1.29, 1.82) is 0 Å². The molecule has 0 saturated carbocycles. The zero-order valence-electron chi connectivity index (χ0n) is 18.3. The fraction of sp³-hybridized carbons (Fsp3) is 0.296. The minimum atomic E-state index is -0.380. The molecule has 2 aromatic rings. The molecule has 0 aromatic heterocycles. The summed E-state index contributed by atoms with van der Waals surface area (Å²) in [5.41, 5.74) is 1.89. The van der Waals surface area contributed by atoms with Gasteiger partial charge in [-0.2, -0.15) is 0 Å².